The summed E-state index contributed by atoms with van der Waals surface area (Å²) in [5.41, 5.74) is 0. The van der Waals surface area contributed by atoms with Gasteiger partial charge >= 0.3 is 0 Å². The molecular weight excluding hydrogens is 170 g/mol. The van der Waals surface area contributed by atoms with Gasteiger partial charge in [-0.15, -0.1) is 0 Å². The van der Waals surface area contributed by atoms with E-state index in [1.54, 1.807) is 4.90 Å². The van der Waals surface area contributed by atoms with E-state index in [9.17, 15) is 9.90 Å². The van der Waals surface area contributed by atoms with E-state index in [1.165, 1.54) is 6.92 Å². The number of carbonyl (C=O) groups is 1. The molecule has 0 saturated carbocycles. The van der Waals surface area contributed by atoms with Crippen molar-refractivity contribution < 1.29 is 15.0 Å². The largest absolute Gasteiger partial charge is 0.393 e. The molecule has 2 unspecified atom stereocenters. The van der Waals surface area contributed by atoms with Crippen molar-refractivity contribution in [1.82, 2.24) is 4.90 Å². The average Bonchev–Trinajstić information content (AvgIpc) is 2.08. The van der Waals surface area contributed by atoms with Crippen molar-refractivity contribution in [2.75, 3.05) is 13.1 Å². The quantitative estimate of drug-likeness (QED) is 0.587. The number of piperidine rings is 1. The topological polar surface area (TPSA) is 60.8 Å². The highest BCUT2D eigenvalue weighted by Gasteiger charge is 2.28. The summed E-state index contributed by atoms with van der Waals surface area (Å²) in [6, 6.07) is 0. The number of hydrogen-bond acceptors (Lipinski definition) is 3. The van der Waals surface area contributed by atoms with Crippen LogP contribution in [-0.2, 0) is 4.79 Å². The van der Waals surface area contributed by atoms with Crippen LogP contribution in [0.5, 0.6) is 0 Å². The van der Waals surface area contributed by atoms with Gasteiger partial charge in [-0.2, -0.15) is 0 Å². The van der Waals surface area contributed by atoms with Crippen LogP contribution in [0.2, 0.25) is 0 Å². The third kappa shape index (κ3) is 2.42. The smallest absolute Gasteiger partial charge is 0.251 e. The van der Waals surface area contributed by atoms with Gasteiger partial charge < -0.3 is 15.1 Å². The number of aliphatic hydroxyl groups is 2. The Labute approximate surface area is 78.2 Å². The zero-order valence-corrected chi connectivity index (χ0v) is 8.10. The molecule has 0 spiro atoms. The highest BCUT2D eigenvalue weighted by molar-refractivity contribution is 5.80. The maximum Gasteiger partial charge on any atom is 0.251 e. The van der Waals surface area contributed by atoms with E-state index < -0.39 is 6.10 Å². The predicted molar refractivity (Wildman–Crippen MR) is 48.0 cm³/mol. The Balaban J connectivity index is 2.50. The van der Waals surface area contributed by atoms with Gasteiger partial charge in [0.2, 0.25) is 0 Å². The molecule has 1 aliphatic heterocycles. The average molecular weight is 187 g/mol. The fraction of sp³-hybridized carbons (Fsp3) is 0.889. The van der Waals surface area contributed by atoms with Crippen molar-refractivity contribution in [2.24, 2.45) is 5.92 Å². The predicted octanol–water partition coefficient (Wildman–Crippen LogP) is -0.404. The highest BCUT2D eigenvalue weighted by atomic mass is 16.3. The third-order valence-corrected chi connectivity index (χ3v) is 2.53. The second kappa shape index (κ2) is 4.07. The van der Waals surface area contributed by atoms with Gasteiger partial charge in [0.1, 0.15) is 6.10 Å². The molecule has 0 aromatic carbocycles. The van der Waals surface area contributed by atoms with Crippen molar-refractivity contribution in [1.29, 1.82) is 0 Å². The first-order valence-corrected chi connectivity index (χ1v) is 4.67. The molecule has 1 rings (SSSR count). The molecule has 0 radical (unpaired) electrons. The van der Waals surface area contributed by atoms with Crippen molar-refractivity contribution in [3.8, 4) is 0 Å². The minimum absolute atomic E-state index is 0.108. The Morgan fingerprint density at radius 1 is 1.62 bits per heavy atom. The number of amides is 1. The van der Waals surface area contributed by atoms with Gasteiger partial charge in [0.25, 0.3) is 5.91 Å². The lowest BCUT2D eigenvalue weighted by atomic mass is 9.96. The summed E-state index contributed by atoms with van der Waals surface area (Å²) >= 11 is 0. The Bertz CT molecular complexity index is 193. The summed E-state index contributed by atoms with van der Waals surface area (Å²) in [5.74, 6) is -0.129. The lowest BCUT2D eigenvalue weighted by molar-refractivity contribution is -0.142. The van der Waals surface area contributed by atoms with Crippen LogP contribution in [0.15, 0.2) is 0 Å². The molecule has 2 N–H and O–H groups in total. The number of nitrogens with zero attached hydrogens (tertiary/aromatic N) is 1. The second-order valence-electron chi connectivity index (χ2n) is 3.79. The molecule has 1 fully saturated rings. The zero-order chi connectivity index (χ0) is 10.0. The van der Waals surface area contributed by atoms with Gasteiger partial charge in [-0.1, -0.05) is 6.92 Å². The SMILES string of the molecule is CC1CN(C(=O)[C@@H](C)O)CCC1O. The molecule has 0 bridgehead atoms. The normalized spacial score (nSPS) is 31.5. The van der Waals surface area contributed by atoms with Crippen LogP contribution in [0.25, 0.3) is 0 Å². The van der Waals surface area contributed by atoms with E-state index in [0.29, 0.717) is 19.5 Å². The number of hydrogen-bond donors (Lipinski definition) is 2. The van der Waals surface area contributed by atoms with Gasteiger partial charge in [-0.05, 0) is 19.3 Å². The van der Waals surface area contributed by atoms with Gasteiger partial charge in [0.15, 0.2) is 0 Å². The summed E-state index contributed by atoms with van der Waals surface area (Å²) < 4.78 is 0. The van der Waals surface area contributed by atoms with Crippen LogP contribution in [0, 0.1) is 5.92 Å². The molecule has 0 aliphatic carbocycles. The molecule has 76 valence electrons. The fourth-order valence-electron chi connectivity index (χ4n) is 1.60. The van der Waals surface area contributed by atoms with E-state index in [1.807, 2.05) is 6.92 Å². The molecule has 4 heteroatoms. The van der Waals surface area contributed by atoms with Gasteiger partial charge in [-0.3, -0.25) is 4.79 Å². The van der Waals surface area contributed by atoms with Crippen molar-refractivity contribution in [2.45, 2.75) is 32.5 Å². The number of rotatable bonds is 1. The Morgan fingerprint density at radius 3 is 2.69 bits per heavy atom. The monoisotopic (exact) mass is 187 g/mol. The fourth-order valence-corrected chi connectivity index (χ4v) is 1.60. The van der Waals surface area contributed by atoms with Crippen LogP contribution in [0.3, 0.4) is 0 Å². The number of likely N-dealkylation sites (tertiary alicyclic amines) is 1. The number of carbonyl (C=O) groups excluding carboxylic acids is 1. The van der Waals surface area contributed by atoms with Crippen molar-refractivity contribution >= 4 is 5.91 Å². The van der Waals surface area contributed by atoms with Crippen LogP contribution >= 0.6 is 0 Å². The van der Waals surface area contributed by atoms with Crippen LogP contribution in [0.1, 0.15) is 20.3 Å². The summed E-state index contributed by atoms with van der Waals surface area (Å²) in [6.45, 7) is 4.48. The first-order chi connectivity index (χ1) is 6.02. The lowest BCUT2D eigenvalue weighted by Gasteiger charge is -2.34. The second-order valence-corrected chi connectivity index (χ2v) is 3.79. The Morgan fingerprint density at radius 2 is 2.23 bits per heavy atom. The zero-order valence-electron chi connectivity index (χ0n) is 8.10. The van der Waals surface area contributed by atoms with E-state index in [2.05, 4.69) is 0 Å². The van der Waals surface area contributed by atoms with Gasteiger partial charge in [0, 0.05) is 13.1 Å². The van der Waals surface area contributed by atoms with E-state index in [4.69, 9.17) is 5.11 Å². The maximum absolute atomic E-state index is 11.3. The molecular formula is C9H17NO3. The molecule has 1 aliphatic rings. The standard InChI is InChI=1S/C9H17NO3/c1-6-5-10(4-3-8(6)12)9(13)7(2)11/h6-8,11-12H,3-5H2,1-2H3/t6?,7-,8?/m1/s1. The van der Waals surface area contributed by atoms with E-state index in [-0.39, 0.29) is 17.9 Å². The number of aliphatic hydroxyl groups excluding tert-OH is 2. The van der Waals surface area contributed by atoms with Crippen molar-refractivity contribution in [3.63, 3.8) is 0 Å². The molecule has 4 nitrogen and oxygen atoms in total. The summed E-state index contributed by atoms with van der Waals surface area (Å²) in [7, 11) is 0. The highest BCUT2D eigenvalue weighted by Crippen LogP contribution is 2.16. The summed E-state index contributed by atoms with van der Waals surface area (Å²) in [4.78, 5) is 13.0. The maximum atomic E-state index is 11.3. The summed E-state index contributed by atoms with van der Waals surface area (Å²) in [5, 5.41) is 18.5. The molecule has 1 heterocycles. The summed E-state index contributed by atoms with van der Waals surface area (Å²) in [6.07, 6.45) is -0.625. The first-order valence-electron chi connectivity index (χ1n) is 4.67. The molecule has 13 heavy (non-hydrogen) atoms. The van der Waals surface area contributed by atoms with E-state index in [0.717, 1.165) is 0 Å². The minimum Gasteiger partial charge on any atom is -0.393 e. The van der Waals surface area contributed by atoms with Crippen molar-refractivity contribution in [3.05, 3.63) is 0 Å². The minimum atomic E-state index is -0.928. The van der Waals surface area contributed by atoms with Gasteiger partial charge in [-0.25, -0.2) is 0 Å². The van der Waals surface area contributed by atoms with E-state index >= 15 is 0 Å². The first kappa shape index (κ1) is 10.5. The molecule has 0 aromatic heterocycles. The molecule has 1 amide bonds. The third-order valence-electron chi connectivity index (χ3n) is 2.53. The Hall–Kier alpha value is -0.610. The van der Waals surface area contributed by atoms with Crippen LogP contribution in [-0.4, -0.2) is 46.3 Å². The molecule has 0 aromatic rings. The van der Waals surface area contributed by atoms with Crippen LogP contribution in [0.4, 0.5) is 0 Å². The lowest BCUT2D eigenvalue weighted by Crippen LogP contribution is -2.47. The van der Waals surface area contributed by atoms with Crippen LogP contribution < -0.4 is 0 Å². The Kier molecular flexibility index (Phi) is 3.27. The molecule has 1 saturated heterocycles. The van der Waals surface area contributed by atoms with Gasteiger partial charge in [0.05, 0.1) is 6.10 Å². The molecule has 3 atom stereocenters.